The molecule has 0 bridgehead atoms. The van der Waals surface area contributed by atoms with Gasteiger partial charge in [-0.1, -0.05) is 23.2 Å². The number of hydrogen-bond acceptors (Lipinski definition) is 2. The maximum Gasteiger partial charge on any atom is 0.436 e. The Labute approximate surface area is 153 Å². The lowest BCUT2D eigenvalue weighted by Crippen LogP contribution is -2.16. The summed E-state index contributed by atoms with van der Waals surface area (Å²) in [6.07, 6.45) is -16.0. The van der Waals surface area contributed by atoms with Crippen molar-refractivity contribution in [1.82, 2.24) is 9.78 Å². The van der Waals surface area contributed by atoms with Gasteiger partial charge in [-0.25, -0.2) is 4.68 Å². The Morgan fingerprint density at radius 3 is 1.67 bits per heavy atom. The van der Waals surface area contributed by atoms with Crippen LogP contribution in [0, 0.1) is 11.3 Å². The van der Waals surface area contributed by atoms with Gasteiger partial charge in [-0.2, -0.15) is 49.9 Å². The Morgan fingerprint density at radius 1 is 0.852 bits per heavy atom. The van der Waals surface area contributed by atoms with Crippen LogP contribution < -0.4 is 0 Å². The summed E-state index contributed by atoms with van der Waals surface area (Å²) in [7, 11) is 0. The van der Waals surface area contributed by atoms with Crippen LogP contribution in [-0.2, 0) is 18.5 Å². The highest BCUT2D eigenvalue weighted by molar-refractivity contribution is 6.37. The Balaban J connectivity index is 2.92. The monoisotopic (exact) mass is 441 g/mol. The van der Waals surface area contributed by atoms with Crippen LogP contribution in [0.25, 0.3) is 5.69 Å². The topological polar surface area (TPSA) is 41.6 Å². The predicted molar refractivity (Wildman–Crippen MR) is 73.3 cm³/mol. The Kier molecular flexibility index (Phi) is 5.09. The van der Waals surface area contributed by atoms with Crippen molar-refractivity contribution in [2.75, 3.05) is 0 Å². The predicted octanol–water partition coefficient (Wildman–Crippen LogP) is 6.11. The third-order valence-corrected chi connectivity index (χ3v) is 3.67. The van der Waals surface area contributed by atoms with E-state index in [-0.39, 0.29) is 12.1 Å². The average Bonchev–Trinajstić information content (AvgIpc) is 2.84. The third-order valence-electron chi connectivity index (χ3n) is 3.09. The van der Waals surface area contributed by atoms with E-state index < -0.39 is 61.5 Å². The van der Waals surface area contributed by atoms with E-state index >= 15 is 0 Å². The molecule has 2 rings (SSSR count). The van der Waals surface area contributed by atoms with E-state index in [1.165, 1.54) is 0 Å². The molecule has 0 unspecified atom stereocenters. The molecule has 0 fully saturated rings. The second-order valence-corrected chi connectivity index (χ2v) is 5.69. The molecule has 0 saturated heterocycles. The van der Waals surface area contributed by atoms with E-state index in [1.54, 1.807) is 0 Å². The molecule has 3 nitrogen and oxygen atoms in total. The van der Waals surface area contributed by atoms with Crippen LogP contribution in [-0.4, -0.2) is 9.78 Å². The molecule has 0 radical (unpaired) electrons. The largest absolute Gasteiger partial charge is 0.436 e. The summed E-state index contributed by atoms with van der Waals surface area (Å²) in [5.41, 5.74) is -8.78. The van der Waals surface area contributed by atoms with Crippen molar-refractivity contribution in [3.05, 3.63) is 44.7 Å². The van der Waals surface area contributed by atoms with Crippen molar-refractivity contribution in [3.8, 4) is 11.8 Å². The van der Waals surface area contributed by atoms with Gasteiger partial charge in [0.2, 0.25) is 0 Å². The number of alkyl halides is 9. The number of nitriles is 1. The molecule has 0 spiro atoms. The van der Waals surface area contributed by atoms with Gasteiger partial charge in [-0.15, -0.1) is 0 Å². The van der Waals surface area contributed by atoms with Gasteiger partial charge in [-0.3, -0.25) is 0 Å². The molecule has 1 heterocycles. The van der Waals surface area contributed by atoms with Crippen LogP contribution in [0.3, 0.4) is 0 Å². The summed E-state index contributed by atoms with van der Waals surface area (Å²) >= 11 is 11.1. The molecule has 0 N–H and O–H groups in total. The lowest BCUT2D eigenvalue weighted by atomic mass is 10.1. The lowest BCUT2D eigenvalue weighted by Gasteiger charge is -2.15. The van der Waals surface area contributed by atoms with Crippen molar-refractivity contribution < 1.29 is 39.5 Å². The Bertz CT molecular complexity index is 910. The number of nitrogens with zero attached hydrogens (tertiary/aromatic N) is 3. The molecule has 27 heavy (non-hydrogen) atoms. The van der Waals surface area contributed by atoms with Crippen molar-refractivity contribution >= 4 is 23.2 Å². The minimum absolute atomic E-state index is 0.171. The molecule has 0 aliphatic heterocycles. The molecule has 0 aliphatic rings. The second-order valence-electron chi connectivity index (χ2n) is 4.88. The van der Waals surface area contributed by atoms with Crippen LogP contribution >= 0.6 is 23.2 Å². The van der Waals surface area contributed by atoms with E-state index in [9.17, 15) is 39.5 Å². The SMILES string of the molecule is N#Cc1c(C(F)(F)F)nn(-c2c(Cl)cc(C(F)(F)F)cc2Cl)c1C(F)(F)F. The van der Waals surface area contributed by atoms with Gasteiger partial charge in [0, 0.05) is 0 Å². The number of halogens is 11. The molecule has 146 valence electrons. The van der Waals surface area contributed by atoms with Gasteiger partial charge in [0.1, 0.15) is 17.3 Å². The molecule has 2 aromatic rings. The molecule has 14 heteroatoms. The lowest BCUT2D eigenvalue weighted by molar-refractivity contribution is -0.144. The zero-order valence-corrected chi connectivity index (χ0v) is 13.7. The highest BCUT2D eigenvalue weighted by Crippen LogP contribution is 2.43. The van der Waals surface area contributed by atoms with E-state index in [0.717, 1.165) is 6.07 Å². The number of benzene rings is 1. The van der Waals surface area contributed by atoms with E-state index in [4.69, 9.17) is 28.5 Å². The summed E-state index contributed by atoms with van der Waals surface area (Å²) < 4.78 is 116. The van der Waals surface area contributed by atoms with Crippen LogP contribution in [0.15, 0.2) is 12.1 Å². The molecular weight excluding hydrogens is 440 g/mol. The maximum atomic E-state index is 13.3. The first kappa shape index (κ1) is 21.2. The minimum Gasteiger partial charge on any atom is -0.224 e. The number of hydrogen-bond donors (Lipinski definition) is 0. The molecule has 0 aliphatic carbocycles. The maximum absolute atomic E-state index is 13.3. The van der Waals surface area contributed by atoms with Crippen LogP contribution in [0.4, 0.5) is 39.5 Å². The van der Waals surface area contributed by atoms with Gasteiger partial charge in [0.25, 0.3) is 0 Å². The third kappa shape index (κ3) is 3.93. The fourth-order valence-corrected chi connectivity index (χ4v) is 2.72. The summed E-state index contributed by atoms with van der Waals surface area (Å²) in [6.45, 7) is 0. The molecule has 0 atom stereocenters. The van der Waals surface area contributed by atoms with Crippen LogP contribution in [0.1, 0.15) is 22.5 Å². The van der Waals surface area contributed by atoms with E-state index in [0.29, 0.717) is 0 Å². The number of rotatable bonds is 1. The quantitative estimate of drug-likeness (QED) is 0.501. The standard InChI is InChI=1S/C13H2Cl2F9N3/c14-6-1-4(11(16,17)18)2-7(15)8(6)27-10(13(22,23)24)5(3-25)9(26-27)12(19,20)21/h1-2H. The highest BCUT2D eigenvalue weighted by Gasteiger charge is 2.48. The first-order valence-corrected chi connectivity index (χ1v) is 7.08. The molecule has 0 amide bonds. The smallest absolute Gasteiger partial charge is 0.224 e. The highest BCUT2D eigenvalue weighted by atomic mass is 35.5. The molecule has 1 aromatic heterocycles. The minimum atomic E-state index is -5.53. The van der Waals surface area contributed by atoms with Gasteiger partial charge >= 0.3 is 18.5 Å². The van der Waals surface area contributed by atoms with Gasteiger partial charge in [0.05, 0.1) is 15.6 Å². The summed E-state index contributed by atoms with van der Waals surface area (Å²) in [5, 5.41) is 9.35. The van der Waals surface area contributed by atoms with Gasteiger partial charge in [0.15, 0.2) is 11.4 Å². The van der Waals surface area contributed by atoms with E-state index in [1.807, 2.05) is 0 Å². The van der Waals surface area contributed by atoms with Gasteiger partial charge in [-0.05, 0) is 12.1 Å². The second kappa shape index (κ2) is 6.49. The normalized spacial score (nSPS) is 13.0. The zero-order chi connectivity index (χ0) is 20.9. The summed E-state index contributed by atoms with van der Waals surface area (Å²) in [4.78, 5) is 0. The van der Waals surface area contributed by atoms with Crippen molar-refractivity contribution in [1.29, 1.82) is 5.26 Å². The average molecular weight is 442 g/mol. The molecule has 1 aromatic carbocycles. The van der Waals surface area contributed by atoms with Crippen molar-refractivity contribution in [3.63, 3.8) is 0 Å². The van der Waals surface area contributed by atoms with Crippen molar-refractivity contribution in [2.45, 2.75) is 18.5 Å². The van der Waals surface area contributed by atoms with Crippen LogP contribution in [0.5, 0.6) is 0 Å². The summed E-state index contributed by atoms with van der Waals surface area (Å²) in [6, 6.07) is 1.09. The molecule has 0 saturated carbocycles. The van der Waals surface area contributed by atoms with Crippen molar-refractivity contribution in [2.24, 2.45) is 0 Å². The first-order valence-electron chi connectivity index (χ1n) is 6.33. The fraction of sp³-hybridized carbons (Fsp3) is 0.231. The Morgan fingerprint density at radius 2 is 1.33 bits per heavy atom. The Hall–Kier alpha value is -2.13. The first-order chi connectivity index (χ1) is 12.1. The molecular formula is C13H2Cl2F9N3. The van der Waals surface area contributed by atoms with Crippen LogP contribution in [0.2, 0.25) is 10.0 Å². The fourth-order valence-electron chi connectivity index (χ4n) is 2.08. The van der Waals surface area contributed by atoms with E-state index in [2.05, 4.69) is 5.10 Å². The van der Waals surface area contributed by atoms with Gasteiger partial charge < -0.3 is 0 Å². The zero-order valence-electron chi connectivity index (χ0n) is 12.2. The number of aromatic nitrogens is 2. The summed E-state index contributed by atoms with van der Waals surface area (Å²) in [5.74, 6) is 0.